The maximum atomic E-state index is 12.4. The van der Waals surface area contributed by atoms with Gasteiger partial charge in [-0.15, -0.1) is 0 Å². The van der Waals surface area contributed by atoms with Gasteiger partial charge in [0.15, 0.2) is 0 Å². The standard InChI is InChI=1S/C14H24N4O2S/c1-13(2)5-10(6-14(3,4)9-13)18-21(19,20)11-7-16-12(15)17-8-11/h7-8,10,18H,5-6,9H2,1-4H3,(H2,15,16,17). The second-order valence-corrected chi connectivity index (χ2v) is 9.22. The van der Waals surface area contributed by atoms with Crippen molar-refractivity contribution in [1.82, 2.24) is 14.7 Å². The molecule has 1 aliphatic carbocycles. The van der Waals surface area contributed by atoms with Gasteiger partial charge in [0.25, 0.3) is 0 Å². The third-order valence-corrected chi connectivity index (χ3v) is 5.31. The molecule has 1 aromatic rings. The summed E-state index contributed by atoms with van der Waals surface area (Å²) in [4.78, 5) is 7.54. The van der Waals surface area contributed by atoms with Crippen LogP contribution in [0, 0.1) is 10.8 Å². The first-order valence-corrected chi connectivity index (χ1v) is 8.57. The molecule has 0 aliphatic heterocycles. The number of nitrogens with zero attached hydrogens (tertiary/aromatic N) is 2. The lowest BCUT2D eigenvalue weighted by atomic mass is 9.64. The molecule has 1 heterocycles. The summed E-state index contributed by atoms with van der Waals surface area (Å²) >= 11 is 0. The average Bonchev–Trinajstić information content (AvgIpc) is 2.23. The Morgan fingerprint density at radius 2 is 1.62 bits per heavy atom. The third-order valence-electron chi connectivity index (χ3n) is 3.84. The Morgan fingerprint density at radius 3 is 2.10 bits per heavy atom. The van der Waals surface area contributed by atoms with E-state index in [-0.39, 0.29) is 27.7 Å². The molecule has 2 rings (SSSR count). The van der Waals surface area contributed by atoms with Crippen molar-refractivity contribution in [2.75, 3.05) is 5.73 Å². The third kappa shape index (κ3) is 4.14. The highest BCUT2D eigenvalue weighted by Crippen LogP contribution is 2.45. The predicted molar refractivity (Wildman–Crippen MR) is 82.0 cm³/mol. The minimum Gasteiger partial charge on any atom is -0.368 e. The molecule has 1 saturated carbocycles. The fraction of sp³-hybridized carbons (Fsp3) is 0.714. The van der Waals surface area contributed by atoms with Crippen LogP contribution >= 0.6 is 0 Å². The zero-order valence-corrected chi connectivity index (χ0v) is 13.9. The van der Waals surface area contributed by atoms with E-state index in [4.69, 9.17) is 5.73 Å². The molecule has 0 bridgehead atoms. The predicted octanol–water partition coefficient (Wildman–Crippen LogP) is 1.94. The highest BCUT2D eigenvalue weighted by molar-refractivity contribution is 7.89. The van der Waals surface area contributed by atoms with Crippen molar-refractivity contribution >= 4 is 16.0 Å². The van der Waals surface area contributed by atoms with Crippen molar-refractivity contribution in [3.05, 3.63) is 12.4 Å². The summed E-state index contributed by atoms with van der Waals surface area (Å²) in [5.41, 5.74) is 5.62. The molecular formula is C14H24N4O2S. The lowest BCUT2D eigenvalue weighted by Gasteiger charge is -2.45. The monoisotopic (exact) mass is 312 g/mol. The molecule has 0 radical (unpaired) electrons. The zero-order valence-electron chi connectivity index (χ0n) is 13.0. The van der Waals surface area contributed by atoms with Crippen LogP contribution in [-0.2, 0) is 10.0 Å². The van der Waals surface area contributed by atoms with E-state index in [2.05, 4.69) is 42.4 Å². The smallest absolute Gasteiger partial charge is 0.243 e. The van der Waals surface area contributed by atoms with Crippen LogP contribution in [0.4, 0.5) is 5.95 Å². The Morgan fingerprint density at radius 1 is 1.14 bits per heavy atom. The summed E-state index contributed by atoms with van der Waals surface area (Å²) in [5.74, 6) is 0.0638. The largest absolute Gasteiger partial charge is 0.368 e. The molecule has 1 aliphatic rings. The number of sulfonamides is 1. The second-order valence-electron chi connectivity index (χ2n) is 7.51. The molecule has 1 fully saturated rings. The van der Waals surface area contributed by atoms with Gasteiger partial charge in [0.05, 0.1) is 12.4 Å². The number of aromatic nitrogens is 2. The van der Waals surface area contributed by atoms with Gasteiger partial charge in [-0.05, 0) is 30.1 Å². The Balaban J connectivity index is 2.18. The molecular weight excluding hydrogens is 288 g/mol. The summed E-state index contributed by atoms with van der Waals surface area (Å²) in [6, 6.07) is -0.0775. The van der Waals surface area contributed by atoms with E-state index in [1.807, 2.05) is 0 Å². The SMILES string of the molecule is CC1(C)CC(NS(=O)(=O)c2cnc(N)nc2)CC(C)(C)C1. The van der Waals surface area contributed by atoms with Crippen LogP contribution < -0.4 is 10.5 Å². The number of anilines is 1. The van der Waals surface area contributed by atoms with Crippen LogP contribution in [0.1, 0.15) is 47.0 Å². The molecule has 6 nitrogen and oxygen atoms in total. The Bertz CT molecular complexity index is 592. The van der Waals surface area contributed by atoms with Crippen molar-refractivity contribution in [3.63, 3.8) is 0 Å². The Hall–Kier alpha value is -1.21. The number of hydrogen-bond acceptors (Lipinski definition) is 5. The van der Waals surface area contributed by atoms with Gasteiger partial charge in [-0.1, -0.05) is 27.7 Å². The molecule has 0 aromatic carbocycles. The normalized spacial score (nSPS) is 22.1. The lowest BCUT2D eigenvalue weighted by molar-refractivity contribution is 0.0934. The molecule has 1 aromatic heterocycles. The van der Waals surface area contributed by atoms with E-state index in [1.54, 1.807) is 0 Å². The maximum Gasteiger partial charge on any atom is 0.243 e. The molecule has 21 heavy (non-hydrogen) atoms. The summed E-state index contributed by atoms with van der Waals surface area (Å²) in [7, 11) is -3.61. The van der Waals surface area contributed by atoms with Gasteiger partial charge >= 0.3 is 0 Å². The van der Waals surface area contributed by atoms with Crippen molar-refractivity contribution < 1.29 is 8.42 Å². The maximum absolute atomic E-state index is 12.4. The molecule has 0 unspecified atom stereocenters. The lowest BCUT2D eigenvalue weighted by Crippen LogP contribution is -2.45. The molecule has 3 N–H and O–H groups in total. The first kappa shape index (κ1) is 16.2. The number of hydrogen-bond donors (Lipinski definition) is 2. The van der Waals surface area contributed by atoms with E-state index in [1.165, 1.54) is 12.4 Å². The van der Waals surface area contributed by atoms with Gasteiger partial charge < -0.3 is 5.73 Å². The van der Waals surface area contributed by atoms with Crippen molar-refractivity contribution in [1.29, 1.82) is 0 Å². The van der Waals surface area contributed by atoms with Crippen LogP contribution in [-0.4, -0.2) is 24.4 Å². The van der Waals surface area contributed by atoms with Crippen LogP contribution in [0.25, 0.3) is 0 Å². The van der Waals surface area contributed by atoms with E-state index in [9.17, 15) is 8.42 Å². The Labute approximate surface area is 126 Å². The van der Waals surface area contributed by atoms with Gasteiger partial charge in [-0.25, -0.2) is 23.1 Å². The molecule has 0 spiro atoms. The van der Waals surface area contributed by atoms with Crippen LogP contribution in [0.5, 0.6) is 0 Å². The van der Waals surface area contributed by atoms with E-state index < -0.39 is 10.0 Å². The summed E-state index contributed by atoms with van der Waals surface area (Å²) in [5, 5.41) is 0. The van der Waals surface area contributed by atoms with Crippen LogP contribution in [0.15, 0.2) is 17.3 Å². The van der Waals surface area contributed by atoms with Gasteiger partial charge in [0.1, 0.15) is 4.90 Å². The first-order valence-electron chi connectivity index (χ1n) is 7.09. The topological polar surface area (TPSA) is 98.0 Å². The van der Waals surface area contributed by atoms with Gasteiger partial charge in [0, 0.05) is 6.04 Å². The van der Waals surface area contributed by atoms with Crippen molar-refractivity contribution in [2.24, 2.45) is 10.8 Å². The highest BCUT2D eigenvalue weighted by Gasteiger charge is 2.39. The number of nitrogens with two attached hydrogens (primary N) is 1. The number of rotatable bonds is 3. The first-order chi connectivity index (χ1) is 9.49. The summed E-state index contributed by atoms with van der Waals surface area (Å²) < 4.78 is 27.6. The highest BCUT2D eigenvalue weighted by atomic mass is 32.2. The molecule has 0 amide bonds. The summed E-state index contributed by atoms with van der Waals surface area (Å²) in [6.45, 7) is 8.73. The van der Waals surface area contributed by atoms with Gasteiger partial charge in [-0.3, -0.25) is 0 Å². The van der Waals surface area contributed by atoms with Crippen molar-refractivity contribution in [2.45, 2.75) is 57.9 Å². The molecule has 7 heteroatoms. The Kier molecular flexibility index (Phi) is 4.01. The van der Waals surface area contributed by atoms with E-state index in [0.717, 1.165) is 19.3 Å². The van der Waals surface area contributed by atoms with Crippen LogP contribution in [0.3, 0.4) is 0 Å². The fourth-order valence-corrected chi connectivity index (χ4v) is 4.81. The molecule has 118 valence electrons. The quantitative estimate of drug-likeness (QED) is 0.889. The second kappa shape index (κ2) is 5.21. The van der Waals surface area contributed by atoms with Crippen LogP contribution in [0.2, 0.25) is 0 Å². The zero-order chi connectivity index (χ0) is 15.9. The summed E-state index contributed by atoms with van der Waals surface area (Å²) in [6.07, 6.45) is 5.22. The molecule has 0 atom stereocenters. The fourth-order valence-electron chi connectivity index (χ4n) is 3.68. The van der Waals surface area contributed by atoms with E-state index >= 15 is 0 Å². The van der Waals surface area contributed by atoms with Gasteiger partial charge in [0.2, 0.25) is 16.0 Å². The minimum absolute atomic E-state index is 0.0536. The van der Waals surface area contributed by atoms with Crippen molar-refractivity contribution in [3.8, 4) is 0 Å². The van der Waals surface area contributed by atoms with Gasteiger partial charge in [-0.2, -0.15) is 0 Å². The average molecular weight is 312 g/mol. The molecule has 0 saturated heterocycles. The van der Waals surface area contributed by atoms with E-state index in [0.29, 0.717) is 0 Å². The minimum atomic E-state index is -3.61. The number of nitrogens with one attached hydrogen (secondary N) is 1. The number of nitrogen functional groups attached to an aromatic ring is 1.